The van der Waals surface area contributed by atoms with E-state index in [9.17, 15) is 4.79 Å². The molecular weight excluding hydrogens is 375 g/mol. The third kappa shape index (κ3) is 4.70. The van der Waals surface area contributed by atoms with E-state index >= 15 is 0 Å². The third-order valence-electron chi connectivity index (χ3n) is 4.75. The summed E-state index contributed by atoms with van der Waals surface area (Å²) in [4.78, 5) is 15.3. The smallest absolute Gasteiger partial charge is 0.232 e. The fourth-order valence-electron chi connectivity index (χ4n) is 3.27. The number of hydrogen-bond acceptors (Lipinski definition) is 3. The number of carbonyl (C=O) groups excluding carboxylic acids is 1. The molecule has 0 radical (unpaired) electrons. The second kappa shape index (κ2) is 8.30. The lowest BCUT2D eigenvalue weighted by atomic mass is 9.78. The van der Waals surface area contributed by atoms with Gasteiger partial charge in [0, 0.05) is 29.6 Å². The SMILES string of the molecule is Cl.O=C(CSc1cc(Cl)ccc1Cl)N1CCC2(CCNC2)CC1. The molecule has 2 heterocycles. The summed E-state index contributed by atoms with van der Waals surface area (Å²) in [5.74, 6) is 0.618. The number of rotatable bonds is 3. The molecule has 7 heteroatoms. The van der Waals surface area contributed by atoms with Crippen molar-refractivity contribution in [1.29, 1.82) is 0 Å². The summed E-state index contributed by atoms with van der Waals surface area (Å²) in [6.45, 7) is 3.99. The first-order chi connectivity index (χ1) is 10.6. The quantitative estimate of drug-likeness (QED) is 0.782. The predicted molar refractivity (Wildman–Crippen MR) is 100 cm³/mol. The maximum atomic E-state index is 12.4. The van der Waals surface area contributed by atoms with Crippen LogP contribution in [0.25, 0.3) is 0 Å². The zero-order valence-electron chi connectivity index (χ0n) is 12.8. The molecule has 0 unspecified atom stereocenters. The average Bonchev–Trinajstić information content (AvgIpc) is 2.97. The fourth-order valence-corrected chi connectivity index (χ4v) is 4.67. The molecule has 1 amide bonds. The number of amides is 1. The lowest BCUT2D eigenvalue weighted by Gasteiger charge is -2.38. The second-order valence-electron chi connectivity index (χ2n) is 6.17. The van der Waals surface area contributed by atoms with Crippen LogP contribution in [0.3, 0.4) is 0 Å². The number of nitrogens with zero attached hydrogens (tertiary/aromatic N) is 1. The Morgan fingerprint density at radius 2 is 2.00 bits per heavy atom. The predicted octanol–water partition coefficient (Wildman–Crippen LogP) is 4.11. The molecule has 1 aromatic carbocycles. The summed E-state index contributed by atoms with van der Waals surface area (Å²) in [6, 6.07) is 5.35. The Hall–Kier alpha value is -0.130. The van der Waals surface area contributed by atoms with Crippen LogP contribution in [0, 0.1) is 5.41 Å². The van der Waals surface area contributed by atoms with E-state index in [0.29, 0.717) is 21.2 Å². The summed E-state index contributed by atoms with van der Waals surface area (Å²) >= 11 is 13.6. The number of hydrogen-bond donors (Lipinski definition) is 1. The Morgan fingerprint density at radius 3 is 2.65 bits per heavy atom. The molecule has 2 aliphatic heterocycles. The van der Waals surface area contributed by atoms with E-state index in [-0.39, 0.29) is 18.3 Å². The van der Waals surface area contributed by atoms with Crippen molar-refractivity contribution in [2.45, 2.75) is 24.2 Å². The van der Waals surface area contributed by atoms with Crippen LogP contribution in [0.4, 0.5) is 0 Å². The van der Waals surface area contributed by atoms with Crippen molar-refractivity contribution in [1.82, 2.24) is 10.2 Å². The molecule has 128 valence electrons. The second-order valence-corrected chi connectivity index (χ2v) is 8.03. The van der Waals surface area contributed by atoms with Gasteiger partial charge < -0.3 is 10.2 Å². The highest BCUT2D eigenvalue weighted by molar-refractivity contribution is 8.00. The molecule has 1 N–H and O–H groups in total. The number of benzene rings is 1. The highest BCUT2D eigenvalue weighted by Crippen LogP contribution is 2.37. The maximum absolute atomic E-state index is 12.4. The number of piperidine rings is 1. The standard InChI is InChI=1S/C16H20Cl2N2OS.ClH/c17-12-1-2-13(18)14(9-12)22-10-15(21)20-7-4-16(5-8-20)3-6-19-11-16;/h1-2,9,19H,3-8,10-11H2;1H. The van der Waals surface area contributed by atoms with Crippen LogP contribution in [-0.4, -0.2) is 42.7 Å². The molecule has 2 fully saturated rings. The van der Waals surface area contributed by atoms with Crippen molar-refractivity contribution in [2.24, 2.45) is 5.41 Å². The summed E-state index contributed by atoms with van der Waals surface area (Å²) in [5, 5.41) is 4.75. The van der Waals surface area contributed by atoms with Gasteiger partial charge in [-0.2, -0.15) is 0 Å². The van der Waals surface area contributed by atoms with E-state index in [4.69, 9.17) is 23.2 Å². The van der Waals surface area contributed by atoms with Crippen molar-refractivity contribution in [3.8, 4) is 0 Å². The van der Waals surface area contributed by atoms with Gasteiger partial charge in [-0.1, -0.05) is 23.2 Å². The largest absolute Gasteiger partial charge is 0.342 e. The zero-order valence-corrected chi connectivity index (χ0v) is 16.0. The molecule has 1 spiro atoms. The highest BCUT2D eigenvalue weighted by Gasteiger charge is 2.37. The Bertz CT molecular complexity index is 554. The van der Waals surface area contributed by atoms with E-state index in [1.807, 2.05) is 11.0 Å². The Morgan fingerprint density at radius 1 is 1.26 bits per heavy atom. The molecule has 3 rings (SSSR count). The molecule has 0 bridgehead atoms. The van der Waals surface area contributed by atoms with Crippen LogP contribution in [0.1, 0.15) is 19.3 Å². The van der Waals surface area contributed by atoms with Crippen LogP contribution in [-0.2, 0) is 4.79 Å². The molecule has 0 aliphatic carbocycles. The van der Waals surface area contributed by atoms with Gasteiger partial charge in [-0.15, -0.1) is 24.2 Å². The van der Waals surface area contributed by atoms with Crippen LogP contribution in [0.2, 0.25) is 10.0 Å². The summed E-state index contributed by atoms with van der Waals surface area (Å²) in [6.07, 6.45) is 3.49. The Kier molecular flexibility index (Phi) is 6.93. The number of nitrogens with one attached hydrogen (secondary N) is 1. The highest BCUT2D eigenvalue weighted by atomic mass is 35.5. The van der Waals surface area contributed by atoms with Gasteiger partial charge >= 0.3 is 0 Å². The third-order valence-corrected chi connectivity index (χ3v) is 6.47. The average molecular weight is 396 g/mol. The van der Waals surface area contributed by atoms with Gasteiger partial charge in [0.25, 0.3) is 0 Å². The first kappa shape index (κ1) is 19.2. The number of likely N-dealkylation sites (tertiary alicyclic amines) is 1. The molecular formula is C16H21Cl3N2OS. The number of carbonyl (C=O) groups is 1. The van der Waals surface area contributed by atoms with E-state index < -0.39 is 0 Å². The normalized spacial score (nSPS) is 19.7. The summed E-state index contributed by atoms with van der Waals surface area (Å²) in [7, 11) is 0. The van der Waals surface area contributed by atoms with Crippen molar-refractivity contribution in [3.63, 3.8) is 0 Å². The van der Waals surface area contributed by atoms with Crippen molar-refractivity contribution < 1.29 is 4.79 Å². The van der Waals surface area contributed by atoms with Gasteiger partial charge in [-0.05, 0) is 49.4 Å². The van der Waals surface area contributed by atoms with Gasteiger partial charge in [0.2, 0.25) is 5.91 Å². The number of halogens is 3. The van der Waals surface area contributed by atoms with Gasteiger partial charge in [-0.3, -0.25) is 4.79 Å². The first-order valence-electron chi connectivity index (χ1n) is 7.64. The van der Waals surface area contributed by atoms with Crippen LogP contribution < -0.4 is 5.32 Å². The Labute approximate surface area is 157 Å². The van der Waals surface area contributed by atoms with Gasteiger partial charge in [0.1, 0.15) is 0 Å². The minimum atomic E-state index is 0. The Balaban J connectivity index is 0.00000192. The molecule has 0 atom stereocenters. The molecule has 0 saturated carbocycles. The zero-order chi connectivity index (χ0) is 15.6. The minimum Gasteiger partial charge on any atom is -0.342 e. The van der Waals surface area contributed by atoms with Gasteiger partial charge in [-0.25, -0.2) is 0 Å². The van der Waals surface area contributed by atoms with Crippen molar-refractivity contribution in [3.05, 3.63) is 28.2 Å². The number of thioether (sulfide) groups is 1. The molecule has 23 heavy (non-hydrogen) atoms. The van der Waals surface area contributed by atoms with Gasteiger partial charge in [0.05, 0.1) is 10.8 Å². The van der Waals surface area contributed by atoms with Gasteiger partial charge in [0.15, 0.2) is 0 Å². The molecule has 2 saturated heterocycles. The van der Waals surface area contributed by atoms with E-state index in [1.165, 1.54) is 18.2 Å². The van der Waals surface area contributed by atoms with E-state index in [1.54, 1.807) is 12.1 Å². The maximum Gasteiger partial charge on any atom is 0.232 e. The fraction of sp³-hybridized carbons (Fsp3) is 0.562. The van der Waals surface area contributed by atoms with Crippen molar-refractivity contribution >= 4 is 53.3 Å². The lowest BCUT2D eigenvalue weighted by molar-refractivity contribution is -0.130. The minimum absolute atomic E-state index is 0. The first-order valence-corrected chi connectivity index (χ1v) is 9.39. The summed E-state index contributed by atoms with van der Waals surface area (Å²) in [5.41, 5.74) is 0.445. The van der Waals surface area contributed by atoms with Crippen LogP contribution in [0.15, 0.2) is 23.1 Å². The molecule has 2 aliphatic rings. The molecule has 1 aromatic rings. The summed E-state index contributed by atoms with van der Waals surface area (Å²) < 4.78 is 0. The molecule has 0 aromatic heterocycles. The molecule has 3 nitrogen and oxygen atoms in total. The monoisotopic (exact) mass is 394 g/mol. The lowest BCUT2D eigenvalue weighted by Crippen LogP contribution is -2.44. The van der Waals surface area contributed by atoms with Crippen molar-refractivity contribution in [2.75, 3.05) is 31.9 Å². The van der Waals surface area contributed by atoms with Crippen LogP contribution >= 0.6 is 47.4 Å². The van der Waals surface area contributed by atoms with E-state index in [0.717, 1.165) is 43.9 Å². The topological polar surface area (TPSA) is 32.3 Å². The van der Waals surface area contributed by atoms with Crippen LogP contribution in [0.5, 0.6) is 0 Å². The van der Waals surface area contributed by atoms with E-state index in [2.05, 4.69) is 5.32 Å².